The molecule has 0 amide bonds. The molecule has 0 nitrogen and oxygen atoms in total. The smallest absolute Gasteiger partial charge is 0.166 e. The third-order valence-electron chi connectivity index (χ3n) is 2.94. The number of halogens is 6. The van der Waals surface area contributed by atoms with Crippen LogP contribution < -0.4 is 0 Å². The van der Waals surface area contributed by atoms with Crippen LogP contribution in [0.3, 0.4) is 0 Å². The molecule has 0 heterocycles. The van der Waals surface area contributed by atoms with Crippen LogP contribution in [0.1, 0.15) is 49.3 Å². The van der Waals surface area contributed by atoms with E-state index in [0.29, 0.717) is 31.0 Å². The summed E-state index contributed by atoms with van der Waals surface area (Å²) in [4.78, 5) is 0. The van der Waals surface area contributed by atoms with Gasteiger partial charge < -0.3 is 0 Å². The summed E-state index contributed by atoms with van der Waals surface area (Å²) < 4.78 is 76.1. The minimum atomic E-state index is -4.64. The van der Waals surface area contributed by atoms with Crippen molar-refractivity contribution in [2.24, 2.45) is 0 Å². The first-order valence-corrected chi connectivity index (χ1v) is 5.85. The first-order valence-electron chi connectivity index (χ1n) is 5.85. The van der Waals surface area contributed by atoms with Crippen molar-refractivity contribution in [2.75, 3.05) is 0 Å². The average molecular weight is 284 g/mol. The Morgan fingerprint density at radius 1 is 1.00 bits per heavy atom. The molecule has 0 fully saturated rings. The van der Waals surface area contributed by atoms with Gasteiger partial charge in [-0.2, -0.15) is 26.3 Å². The lowest BCUT2D eigenvalue weighted by atomic mass is 9.90. The fourth-order valence-corrected chi connectivity index (χ4v) is 1.99. The fraction of sp³-hybridized carbons (Fsp3) is 0.538. The van der Waals surface area contributed by atoms with Gasteiger partial charge in [0, 0.05) is 0 Å². The standard InChI is InChI=1S/C13H14F6/c1-3-4-8(2)10-7-9(12(14,15)16)5-6-11(10)13(17,18)19/h5-8H,3-4H2,1-2H3. The van der Waals surface area contributed by atoms with Crippen LogP contribution in [0.4, 0.5) is 26.3 Å². The van der Waals surface area contributed by atoms with Gasteiger partial charge in [0.05, 0.1) is 11.1 Å². The molecule has 1 aromatic carbocycles. The largest absolute Gasteiger partial charge is 0.416 e. The Kier molecular flexibility index (Phi) is 4.53. The van der Waals surface area contributed by atoms with Crippen LogP contribution >= 0.6 is 0 Å². The van der Waals surface area contributed by atoms with E-state index in [9.17, 15) is 26.3 Å². The molecule has 6 heteroatoms. The van der Waals surface area contributed by atoms with E-state index in [4.69, 9.17) is 0 Å². The second kappa shape index (κ2) is 5.43. The second-order valence-corrected chi connectivity index (χ2v) is 4.49. The Morgan fingerprint density at radius 3 is 2.00 bits per heavy atom. The Morgan fingerprint density at radius 2 is 1.58 bits per heavy atom. The van der Waals surface area contributed by atoms with E-state index < -0.39 is 29.4 Å². The molecule has 0 N–H and O–H groups in total. The lowest BCUT2D eigenvalue weighted by Crippen LogP contribution is -2.14. The van der Waals surface area contributed by atoms with Gasteiger partial charge in [-0.25, -0.2) is 0 Å². The first kappa shape index (κ1) is 15.9. The van der Waals surface area contributed by atoms with Gasteiger partial charge in [0.1, 0.15) is 0 Å². The van der Waals surface area contributed by atoms with Crippen molar-refractivity contribution < 1.29 is 26.3 Å². The molecular formula is C13H14F6. The summed E-state index contributed by atoms with van der Waals surface area (Å²) in [5, 5.41) is 0. The van der Waals surface area contributed by atoms with E-state index >= 15 is 0 Å². The minimum Gasteiger partial charge on any atom is -0.166 e. The second-order valence-electron chi connectivity index (χ2n) is 4.49. The summed E-state index contributed by atoms with van der Waals surface area (Å²) in [6, 6.07) is 1.61. The van der Waals surface area contributed by atoms with E-state index in [2.05, 4.69) is 0 Å². The molecule has 0 saturated carbocycles. The summed E-state index contributed by atoms with van der Waals surface area (Å²) >= 11 is 0. The van der Waals surface area contributed by atoms with Crippen LogP contribution in [0.2, 0.25) is 0 Å². The quantitative estimate of drug-likeness (QED) is 0.631. The van der Waals surface area contributed by atoms with Gasteiger partial charge in [0.2, 0.25) is 0 Å². The number of hydrogen-bond donors (Lipinski definition) is 0. The molecule has 0 aliphatic rings. The number of rotatable bonds is 3. The summed E-state index contributed by atoms with van der Waals surface area (Å²) in [5.41, 5.74) is -2.32. The molecule has 1 rings (SSSR count). The highest BCUT2D eigenvalue weighted by Crippen LogP contribution is 2.39. The Labute approximate surface area is 107 Å². The van der Waals surface area contributed by atoms with Crippen LogP contribution in [0.25, 0.3) is 0 Å². The molecule has 0 aromatic heterocycles. The maximum atomic E-state index is 12.8. The monoisotopic (exact) mass is 284 g/mol. The molecule has 1 atom stereocenters. The molecule has 1 aromatic rings. The topological polar surface area (TPSA) is 0 Å². The van der Waals surface area contributed by atoms with Crippen LogP contribution in [-0.4, -0.2) is 0 Å². The van der Waals surface area contributed by atoms with Crippen molar-refractivity contribution in [1.29, 1.82) is 0 Å². The Balaban J connectivity index is 3.35. The Hall–Kier alpha value is -1.20. The van der Waals surface area contributed by atoms with Crippen molar-refractivity contribution in [3.05, 3.63) is 34.9 Å². The lowest BCUT2D eigenvalue weighted by Gasteiger charge is -2.20. The maximum absolute atomic E-state index is 12.8. The fourth-order valence-electron chi connectivity index (χ4n) is 1.99. The van der Waals surface area contributed by atoms with Crippen LogP contribution in [-0.2, 0) is 12.4 Å². The van der Waals surface area contributed by atoms with E-state index in [-0.39, 0.29) is 5.56 Å². The van der Waals surface area contributed by atoms with E-state index in [0.717, 1.165) is 0 Å². The summed E-state index contributed by atoms with van der Waals surface area (Å²) in [7, 11) is 0. The SMILES string of the molecule is CCCC(C)c1cc(C(F)(F)F)ccc1C(F)(F)F. The predicted octanol–water partition coefficient (Wildman–Crippen LogP) is 5.63. The highest BCUT2D eigenvalue weighted by Gasteiger charge is 2.37. The zero-order chi connectivity index (χ0) is 14.8. The van der Waals surface area contributed by atoms with Crippen molar-refractivity contribution in [1.82, 2.24) is 0 Å². The van der Waals surface area contributed by atoms with Gasteiger partial charge in [-0.15, -0.1) is 0 Å². The van der Waals surface area contributed by atoms with Gasteiger partial charge in [-0.3, -0.25) is 0 Å². The van der Waals surface area contributed by atoms with E-state index in [1.807, 2.05) is 0 Å². The number of hydrogen-bond acceptors (Lipinski definition) is 0. The highest BCUT2D eigenvalue weighted by molar-refractivity contribution is 5.37. The summed E-state index contributed by atoms with van der Waals surface area (Å²) in [6.07, 6.45) is -8.26. The molecule has 1 unspecified atom stereocenters. The third kappa shape index (κ3) is 3.88. The molecule has 0 saturated heterocycles. The van der Waals surface area contributed by atoms with E-state index in [1.54, 1.807) is 6.92 Å². The van der Waals surface area contributed by atoms with E-state index in [1.165, 1.54) is 6.92 Å². The third-order valence-corrected chi connectivity index (χ3v) is 2.94. The number of benzene rings is 1. The molecular weight excluding hydrogens is 270 g/mol. The van der Waals surface area contributed by atoms with Crippen molar-refractivity contribution in [2.45, 2.75) is 45.0 Å². The van der Waals surface area contributed by atoms with Gasteiger partial charge >= 0.3 is 12.4 Å². The molecule has 0 radical (unpaired) electrons. The van der Waals surface area contributed by atoms with Crippen LogP contribution in [0.15, 0.2) is 18.2 Å². The summed E-state index contributed by atoms with van der Waals surface area (Å²) in [6.45, 7) is 3.28. The molecule has 19 heavy (non-hydrogen) atoms. The van der Waals surface area contributed by atoms with Crippen LogP contribution in [0, 0.1) is 0 Å². The average Bonchev–Trinajstić information content (AvgIpc) is 2.26. The first-order chi connectivity index (χ1) is 8.57. The molecule has 0 aliphatic heterocycles. The molecule has 0 spiro atoms. The van der Waals surface area contributed by atoms with Gasteiger partial charge in [0.15, 0.2) is 0 Å². The van der Waals surface area contributed by atoms with Gasteiger partial charge in [-0.05, 0) is 36.1 Å². The van der Waals surface area contributed by atoms with Gasteiger partial charge in [-0.1, -0.05) is 20.3 Å². The zero-order valence-corrected chi connectivity index (χ0v) is 10.5. The molecule has 0 aliphatic carbocycles. The van der Waals surface area contributed by atoms with Crippen molar-refractivity contribution >= 4 is 0 Å². The van der Waals surface area contributed by atoms with Crippen molar-refractivity contribution in [3.63, 3.8) is 0 Å². The van der Waals surface area contributed by atoms with Gasteiger partial charge in [0.25, 0.3) is 0 Å². The molecule has 0 bridgehead atoms. The summed E-state index contributed by atoms with van der Waals surface area (Å²) in [5.74, 6) is -0.566. The minimum absolute atomic E-state index is 0.288. The zero-order valence-electron chi connectivity index (χ0n) is 10.5. The highest BCUT2D eigenvalue weighted by atomic mass is 19.4. The maximum Gasteiger partial charge on any atom is 0.416 e. The van der Waals surface area contributed by atoms with Crippen LogP contribution in [0.5, 0.6) is 0 Å². The normalized spacial score (nSPS) is 14.5. The number of alkyl halides is 6. The molecule has 108 valence electrons. The predicted molar refractivity (Wildman–Crippen MR) is 59.8 cm³/mol. The van der Waals surface area contributed by atoms with Crippen molar-refractivity contribution in [3.8, 4) is 0 Å². The Bertz CT molecular complexity index is 430. The lowest BCUT2D eigenvalue weighted by molar-refractivity contribution is -0.142.